The van der Waals surface area contributed by atoms with Crippen LogP contribution in [0.4, 0.5) is 0 Å². The van der Waals surface area contributed by atoms with E-state index in [-0.39, 0.29) is 0 Å². The predicted molar refractivity (Wildman–Crippen MR) is 51.4 cm³/mol. The Bertz CT molecular complexity index is 497. The van der Waals surface area contributed by atoms with Crippen molar-refractivity contribution < 1.29 is 4.79 Å². The van der Waals surface area contributed by atoms with Crippen molar-refractivity contribution in [2.45, 2.75) is 6.92 Å². The second kappa shape index (κ2) is 3.19. The topological polar surface area (TPSA) is 91.6 Å². The smallest absolute Gasteiger partial charge is 0.254 e. The maximum Gasteiger partial charge on any atom is 0.254 e. The lowest BCUT2D eigenvalue weighted by molar-refractivity contribution is 0.0999. The van der Waals surface area contributed by atoms with E-state index in [1.807, 2.05) is 0 Å². The van der Waals surface area contributed by atoms with Gasteiger partial charge in [-0.15, -0.1) is 0 Å². The Kier molecular flexibility index (Phi) is 2.00. The normalized spacial score (nSPS) is 10.5. The second-order valence-electron chi connectivity index (χ2n) is 3.11. The molecule has 0 aliphatic heterocycles. The van der Waals surface area contributed by atoms with Gasteiger partial charge >= 0.3 is 0 Å². The third kappa shape index (κ3) is 1.37. The predicted octanol–water partition coefficient (Wildman–Crippen LogP) is -0.592. The van der Waals surface area contributed by atoms with Gasteiger partial charge in [0.15, 0.2) is 5.82 Å². The Morgan fingerprint density at radius 3 is 2.80 bits per heavy atom. The number of carbonyl (C=O) groups excluding carboxylic acids is 1. The summed E-state index contributed by atoms with van der Waals surface area (Å²) < 4.78 is 3.00. The zero-order valence-electron chi connectivity index (χ0n) is 8.38. The molecule has 7 nitrogen and oxygen atoms in total. The number of hydrogen-bond donors (Lipinski definition) is 1. The first-order valence-corrected chi connectivity index (χ1v) is 4.29. The van der Waals surface area contributed by atoms with Crippen LogP contribution in [0.3, 0.4) is 0 Å². The van der Waals surface area contributed by atoms with Crippen LogP contribution < -0.4 is 5.73 Å². The molecule has 7 heteroatoms. The third-order valence-electron chi connectivity index (χ3n) is 2.07. The quantitative estimate of drug-likeness (QED) is 0.710. The van der Waals surface area contributed by atoms with Gasteiger partial charge in [-0.2, -0.15) is 10.2 Å². The minimum absolute atomic E-state index is 0.364. The van der Waals surface area contributed by atoms with E-state index < -0.39 is 5.91 Å². The molecule has 2 N–H and O–H groups in total. The number of nitrogens with two attached hydrogens (primary N) is 1. The number of hydrogen-bond acceptors (Lipinski definition) is 4. The van der Waals surface area contributed by atoms with Crippen molar-refractivity contribution in [1.82, 2.24) is 24.5 Å². The van der Waals surface area contributed by atoms with Gasteiger partial charge in [0.1, 0.15) is 18.2 Å². The largest absolute Gasteiger partial charge is 0.365 e. The standard InChI is InChI=1S/C8H10N6O/c1-5-6(7(9)15)8(13(2)12-5)14-4-10-3-11-14/h3-4H,1-2H3,(H2,9,15). The average Bonchev–Trinajstić information content (AvgIpc) is 2.71. The van der Waals surface area contributed by atoms with Crippen LogP contribution in [0, 0.1) is 6.92 Å². The zero-order chi connectivity index (χ0) is 11.0. The maximum atomic E-state index is 11.3. The molecule has 2 heterocycles. The van der Waals surface area contributed by atoms with Crippen LogP contribution in [-0.4, -0.2) is 30.5 Å². The molecule has 0 spiro atoms. The highest BCUT2D eigenvalue weighted by Gasteiger charge is 2.19. The summed E-state index contributed by atoms with van der Waals surface area (Å²) >= 11 is 0. The van der Waals surface area contributed by atoms with Crippen molar-refractivity contribution in [2.75, 3.05) is 0 Å². The summed E-state index contributed by atoms with van der Waals surface area (Å²) in [6.45, 7) is 1.72. The van der Waals surface area contributed by atoms with Gasteiger partial charge in [0, 0.05) is 7.05 Å². The minimum atomic E-state index is -0.522. The van der Waals surface area contributed by atoms with Crippen LogP contribution in [0.5, 0.6) is 0 Å². The van der Waals surface area contributed by atoms with Crippen LogP contribution in [0.25, 0.3) is 5.82 Å². The molecule has 0 saturated heterocycles. The van der Waals surface area contributed by atoms with Gasteiger partial charge in [0.05, 0.1) is 5.69 Å². The van der Waals surface area contributed by atoms with Crippen molar-refractivity contribution in [3.05, 3.63) is 23.9 Å². The van der Waals surface area contributed by atoms with Crippen molar-refractivity contribution >= 4 is 5.91 Å². The molecule has 2 aromatic rings. The number of nitrogens with zero attached hydrogens (tertiary/aromatic N) is 5. The van der Waals surface area contributed by atoms with Crippen molar-refractivity contribution in [3.63, 3.8) is 0 Å². The van der Waals surface area contributed by atoms with Gasteiger partial charge in [0.2, 0.25) is 0 Å². The Balaban J connectivity index is 2.70. The number of aryl methyl sites for hydroxylation is 2. The van der Waals surface area contributed by atoms with Crippen LogP contribution in [0.2, 0.25) is 0 Å². The molecule has 0 unspecified atom stereocenters. The van der Waals surface area contributed by atoms with E-state index >= 15 is 0 Å². The summed E-state index contributed by atoms with van der Waals surface area (Å²) in [5.41, 5.74) is 6.22. The van der Waals surface area contributed by atoms with E-state index in [0.717, 1.165) is 0 Å². The van der Waals surface area contributed by atoms with Gasteiger partial charge in [-0.1, -0.05) is 0 Å². The van der Waals surface area contributed by atoms with Gasteiger partial charge in [0.25, 0.3) is 5.91 Å². The number of primary amides is 1. The molecule has 2 rings (SSSR count). The molecule has 0 saturated carbocycles. The molecule has 0 aliphatic rings. The van der Waals surface area contributed by atoms with E-state index in [4.69, 9.17) is 5.73 Å². The molecule has 0 fully saturated rings. The van der Waals surface area contributed by atoms with Gasteiger partial charge in [-0.25, -0.2) is 14.3 Å². The number of rotatable bonds is 2. The summed E-state index contributed by atoms with van der Waals surface area (Å²) in [7, 11) is 1.72. The van der Waals surface area contributed by atoms with E-state index in [9.17, 15) is 4.79 Å². The van der Waals surface area contributed by atoms with Gasteiger partial charge in [-0.05, 0) is 6.92 Å². The molecule has 15 heavy (non-hydrogen) atoms. The number of carbonyl (C=O) groups is 1. The first-order chi connectivity index (χ1) is 7.11. The first kappa shape index (κ1) is 9.38. The second-order valence-corrected chi connectivity index (χ2v) is 3.11. The molecular formula is C8H10N6O. The van der Waals surface area contributed by atoms with Crippen LogP contribution in [0.15, 0.2) is 12.7 Å². The fourth-order valence-corrected chi connectivity index (χ4v) is 1.51. The van der Waals surface area contributed by atoms with Crippen LogP contribution in [-0.2, 0) is 7.05 Å². The molecule has 0 atom stereocenters. The highest BCUT2D eigenvalue weighted by Crippen LogP contribution is 2.15. The number of amides is 1. The molecule has 0 aliphatic carbocycles. The summed E-state index contributed by atoms with van der Waals surface area (Å²) in [6.07, 6.45) is 2.87. The minimum Gasteiger partial charge on any atom is -0.365 e. The van der Waals surface area contributed by atoms with Crippen molar-refractivity contribution in [1.29, 1.82) is 0 Å². The Hall–Kier alpha value is -2.18. The highest BCUT2D eigenvalue weighted by molar-refractivity contribution is 5.97. The first-order valence-electron chi connectivity index (χ1n) is 4.29. The summed E-state index contributed by atoms with van der Waals surface area (Å²) in [6, 6.07) is 0. The zero-order valence-corrected chi connectivity index (χ0v) is 8.38. The monoisotopic (exact) mass is 206 g/mol. The number of aromatic nitrogens is 5. The Morgan fingerprint density at radius 2 is 2.27 bits per heavy atom. The van der Waals surface area contributed by atoms with E-state index in [1.54, 1.807) is 18.7 Å². The molecule has 0 aromatic carbocycles. The molecule has 0 bridgehead atoms. The van der Waals surface area contributed by atoms with Crippen LogP contribution >= 0.6 is 0 Å². The molecule has 78 valence electrons. The lowest BCUT2D eigenvalue weighted by atomic mass is 10.2. The van der Waals surface area contributed by atoms with E-state index in [1.165, 1.54) is 17.3 Å². The maximum absolute atomic E-state index is 11.3. The fourth-order valence-electron chi connectivity index (χ4n) is 1.51. The van der Waals surface area contributed by atoms with Crippen molar-refractivity contribution in [3.8, 4) is 5.82 Å². The van der Waals surface area contributed by atoms with Gasteiger partial charge < -0.3 is 5.73 Å². The highest BCUT2D eigenvalue weighted by atomic mass is 16.1. The molecule has 0 radical (unpaired) electrons. The summed E-state index contributed by atoms with van der Waals surface area (Å²) in [4.78, 5) is 15.1. The molecular weight excluding hydrogens is 196 g/mol. The Labute approximate surface area is 85.5 Å². The van der Waals surface area contributed by atoms with Crippen molar-refractivity contribution in [2.24, 2.45) is 12.8 Å². The fraction of sp³-hybridized carbons (Fsp3) is 0.250. The lowest BCUT2D eigenvalue weighted by Crippen LogP contribution is -2.16. The average molecular weight is 206 g/mol. The van der Waals surface area contributed by atoms with E-state index in [2.05, 4.69) is 15.2 Å². The van der Waals surface area contributed by atoms with Crippen LogP contribution in [0.1, 0.15) is 16.1 Å². The van der Waals surface area contributed by atoms with Gasteiger partial charge in [-0.3, -0.25) is 4.79 Å². The summed E-state index contributed by atoms with van der Waals surface area (Å²) in [5.74, 6) is 0.00333. The SMILES string of the molecule is Cc1nn(C)c(-n2cncn2)c1C(N)=O. The molecule has 1 amide bonds. The molecule has 2 aromatic heterocycles. The summed E-state index contributed by atoms with van der Waals surface area (Å²) in [5, 5.41) is 8.06. The lowest BCUT2D eigenvalue weighted by Gasteiger charge is -2.02. The third-order valence-corrected chi connectivity index (χ3v) is 2.07. The van der Waals surface area contributed by atoms with E-state index in [0.29, 0.717) is 17.1 Å². The Morgan fingerprint density at radius 1 is 1.53 bits per heavy atom.